The molecule has 0 amide bonds. The van der Waals surface area contributed by atoms with E-state index in [1.807, 2.05) is 0 Å². The molecular formula is C4H4N2O4. The number of aromatic nitrogens is 2. The Balaban J connectivity index is 2.85. The molecule has 0 saturated heterocycles. The number of carbonyl (C=O) groups excluding carboxylic acids is 1. The first kappa shape index (κ1) is 6.53. The molecule has 6 heteroatoms. The number of rotatable bonds is 1. The fraction of sp³-hybridized carbons (Fsp3) is 0.250. The third kappa shape index (κ3) is 1.04. The molecule has 1 heterocycles. The highest BCUT2D eigenvalue weighted by atomic mass is 16.8. The molecule has 0 unspecified atom stereocenters. The van der Waals surface area contributed by atoms with Gasteiger partial charge in [-0.25, -0.2) is 10.0 Å². The number of ether oxygens (including phenoxy) is 1. The van der Waals surface area contributed by atoms with Gasteiger partial charge in [-0.3, -0.25) is 0 Å². The van der Waals surface area contributed by atoms with Crippen molar-refractivity contribution in [2.75, 3.05) is 7.11 Å². The third-order valence-electron chi connectivity index (χ3n) is 0.832. The van der Waals surface area contributed by atoms with Gasteiger partial charge in [-0.1, -0.05) is 0 Å². The predicted molar refractivity (Wildman–Crippen MR) is 26.8 cm³/mol. The number of nitrogens with zero attached hydrogens (tertiary/aromatic N) is 2. The Morgan fingerprint density at radius 2 is 2.70 bits per heavy atom. The fourth-order valence-corrected chi connectivity index (χ4v) is 0.421. The van der Waals surface area contributed by atoms with Crippen molar-refractivity contribution in [1.29, 1.82) is 0 Å². The second-order valence-electron chi connectivity index (χ2n) is 1.43. The Labute approximate surface area is 55.5 Å². The molecule has 0 saturated carbocycles. The highest BCUT2D eigenvalue weighted by Gasteiger charge is 2.09. The van der Waals surface area contributed by atoms with Crippen LogP contribution < -0.4 is 5.02 Å². The largest absolute Gasteiger partial charge is 0.465 e. The standard InChI is InChI=1S/C4H4N2O4/c1-9-4(7)3-2-5-6(8)10-3/h2H,1H3. The van der Waals surface area contributed by atoms with E-state index in [-0.39, 0.29) is 10.8 Å². The van der Waals surface area contributed by atoms with Crippen molar-refractivity contribution in [3.05, 3.63) is 17.2 Å². The van der Waals surface area contributed by atoms with E-state index < -0.39 is 5.97 Å². The molecule has 0 aliphatic heterocycles. The molecule has 1 aromatic heterocycles. The number of carbonyl (C=O) groups is 1. The molecule has 0 atom stereocenters. The molecule has 54 valence electrons. The van der Waals surface area contributed by atoms with Crippen LogP contribution in [-0.4, -0.2) is 18.2 Å². The summed E-state index contributed by atoms with van der Waals surface area (Å²) in [6.45, 7) is 0. The average molecular weight is 144 g/mol. The summed E-state index contributed by atoms with van der Waals surface area (Å²) in [7, 11) is 1.18. The maximum atomic E-state index is 10.5. The van der Waals surface area contributed by atoms with Gasteiger partial charge in [-0.05, 0) is 0 Å². The minimum atomic E-state index is -0.720. The lowest BCUT2D eigenvalue weighted by molar-refractivity contribution is -0.840. The highest BCUT2D eigenvalue weighted by molar-refractivity contribution is 5.85. The van der Waals surface area contributed by atoms with Crippen LogP contribution in [0.1, 0.15) is 10.6 Å². The number of esters is 1. The molecular weight excluding hydrogens is 140 g/mol. The minimum absolute atomic E-state index is 0.0771. The van der Waals surface area contributed by atoms with E-state index in [9.17, 15) is 10.0 Å². The molecule has 0 radical (unpaired) electrons. The smallest absolute Gasteiger partial charge is 0.352 e. The molecule has 0 aromatic carbocycles. The van der Waals surface area contributed by atoms with Crippen molar-refractivity contribution in [3.63, 3.8) is 0 Å². The van der Waals surface area contributed by atoms with Crippen molar-refractivity contribution in [3.8, 4) is 0 Å². The number of methoxy groups -OCH3 is 1. The summed E-state index contributed by atoms with van der Waals surface area (Å²) < 4.78 is 8.44. The van der Waals surface area contributed by atoms with Gasteiger partial charge in [-0.2, -0.15) is 0 Å². The number of hydrogen-bond acceptors (Lipinski definition) is 5. The SMILES string of the molecule is COC(=O)c1cn[n+]([O-])o1. The van der Waals surface area contributed by atoms with Crippen LogP contribution in [-0.2, 0) is 4.74 Å². The van der Waals surface area contributed by atoms with E-state index in [4.69, 9.17) is 0 Å². The zero-order valence-corrected chi connectivity index (χ0v) is 5.10. The van der Waals surface area contributed by atoms with Crippen LogP contribution in [0, 0.1) is 5.21 Å². The first-order valence-electron chi connectivity index (χ1n) is 2.38. The van der Waals surface area contributed by atoms with E-state index >= 15 is 0 Å². The second kappa shape index (κ2) is 2.34. The molecule has 10 heavy (non-hydrogen) atoms. The lowest BCUT2D eigenvalue weighted by Gasteiger charge is -1.90. The van der Waals surface area contributed by atoms with Crippen LogP contribution in [0.5, 0.6) is 0 Å². The van der Waals surface area contributed by atoms with Gasteiger partial charge < -0.3 is 9.26 Å². The van der Waals surface area contributed by atoms with Crippen molar-refractivity contribution in [1.82, 2.24) is 5.10 Å². The van der Waals surface area contributed by atoms with Gasteiger partial charge in [0.25, 0.3) is 0 Å². The topological polar surface area (TPSA) is 79.3 Å². The summed E-state index contributed by atoms with van der Waals surface area (Å²) >= 11 is 0. The zero-order chi connectivity index (χ0) is 7.56. The van der Waals surface area contributed by atoms with Gasteiger partial charge in [0.1, 0.15) is 6.20 Å². The third-order valence-corrected chi connectivity index (χ3v) is 0.832. The predicted octanol–water partition coefficient (Wildman–Crippen LogP) is -0.905. The molecule has 0 fully saturated rings. The molecule has 0 bridgehead atoms. The maximum absolute atomic E-state index is 10.5. The van der Waals surface area contributed by atoms with Crippen LogP contribution in [0.25, 0.3) is 0 Å². The Morgan fingerprint density at radius 1 is 2.00 bits per heavy atom. The van der Waals surface area contributed by atoms with Crippen molar-refractivity contribution >= 4 is 5.97 Å². The molecule has 0 spiro atoms. The van der Waals surface area contributed by atoms with Crippen molar-refractivity contribution in [2.45, 2.75) is 0 Å². The summed E-state index contributed by atoms with van der Waals surface area (Å²) in [6, 6.07) is 0. The first-order chi connectivity index (χ1) is 4.74. The van der Waals surface area contributed by atoms with Crippen LogP contribution in [0.4, 0.5) is 0 Å². The summed E-state index contributed by atoms with van der Waals surface area (Å²) in [5.74, 6) is -0.931. The van der Waals surface area contributed by atoms with Crippen LogP contribution in [0.2, 0.25) is 0 Å². The van der Waals surface area contributed by atoms with E-state index in [1.165, 1.54) is 7.11 Å². The molecule has 0 N–H and O–H groups in total. The molecule has 1 rings (SSSR count). The quantitative estimate of drug-likeness (QED) is 0.376. The first-order valence-corrected chi connectivity index (χ1v) is 2.38. The summed E-state index contributed by atoms with van der Waals surface area (Å²) in [6.07, 6.45) is 0.985. The second-order valence-corrected chi connectivity index (χ2v) is 1.43. The fourth-order valence-electron chi connectivity index (χ4n) is 0.421. The van der Waals surface area contributed by atoms with Gasteiger partial charge in [0.05, 0.1) is 12.2 Å². The summed E-state index contributed by atoms with van der Waals surface area (Å²) in [5, 5.41) is 13.1. The van der Waals surface area contributed by atoms with Gasteiger partial charge >= 0.3 is 5.97 Å². The Morgan fingerprint density at radius 3 is 3.10 bits per heavy atom. The Hall–Kier alpha value is -1.59. The van der Waals surface area contributed by atoms with E-state index in [0.717, 1.165) is 6.20 Å². The van der Waals surface area contributed by atoms with Crippen molar-refractivity contribution < 1.29 is 19.1 Å². The molecule has 0 aliphatic rings. The monoisotopic (exact) mass is 144 g/mol. The van der Waals surface area contributed by atoms with Gasteiger partial charge in [0, 0.05) is 0 Å². The van der Waals surface area contributed by atoms with Gasteiger partial charge in [-0.15, -0.1) is 0 Å². The Bertz CT molecular complexity index is 243. The van der Waals surface area contributed by atoms with Crippen LogP contribution >= 0.6 is 0 Å². The Kier molecular flexibility index (Phi) is 1.53. The van der Waals surface area contributed by atoms with E-state index in [2.05, 4.69) is 14.4 Å². The summed E-state index contributed by atoms with van der Waals surface area (Å²) in [4.78, 5) is 10.5. The normalized spacial score (nSPS) is 9.30. The van der Waals surface area contributed by atoms with Gasteiger partial charge in [0.15, 0.2) is 10.8 Å². The zero-order valence-electron chi connectivity index (χ0n) is 5.10. The van der Waals surface area contributed by atoms with Crippen LogP contribution in [0.15, 0.2) is 10.7 Å². The molecule has 1 aromatic rings. The van der Waals surface area contributed by atoms with E-state index in [1.54, 1.807) is 0 Å². The van der Waals surface area contributed by atoms with Crippen molar-refractivity contribution in [2.24, 2.45) is 0 Å². The highest BCUT2D eigenvalue weighted by Crippen LogP contribution is 1.93. The average Bonchev–Trinajstić information content (AvgIpc) is 2.34. The summed E-state index contributed by atoms with van der Waals surface area (Å²) in [5.41, 5.74) is 0. The minimum Gasteiger partial charge on any atom is -0.465 e. The number of hydrogen-bond donors (Lipinski definition) is 0. The van der Waals surface area contributed by atoms with E-state index in [0.29, 0.717) is 0 Å². The lowest BCUT2D eigenvalue weighted by atomic mass is 10.5. The maximum Gasteiger partial charge on any atom is 0.352 e. The van der Waals surface area contributed by atoms with Gasteiger partial charge in [0.2, 0.25) is 0 Å². The molecule has 0 aliphatic carbocycles. The van der Waals surface area contributed by atoms with Crippen LogP contribution in [0.3, 0.4) is 0 Å². The molecule has 6 nitrogen and oxygen atoms in total. The lowest BCUT2D eigenvalue weighted by Crippen LogP contribution is -2.26.